The number of fused-ring (bicyclic) bond motifs is 1. The molecule has 0 fully saturated rings. The van der Waals surface area contributed by atoms with Crippen molar-refractivity contribution in [2.45, 2.75) is 160 Å². The van der Waals surface area contributed by atoms with Gasteiger partial charge >= 0.3 is 29.6 Å². The summed E-state index contributed by atoms with van der Waals surface area (Å²) in [5.74, 6) is 0. The van der Waals surface area contributed by atoms with Crippen molar-refractivity contribution in [3.63, 3.8) is 0 Å². The number of benzene rings is 2. The van der Waals surface area contributed by atoms with Crippen LogP contribution in [0.1, 0.15) is 153 Å². The van der Waals surface area contributed by atoms with Gasteiger partial charge in [0, 0.05) is 5.39 Å². The van der Waals surface area contributed by atoms with Gasteiger partial charge in [-0.3, -0.25) is 0 Å². The van der Waals surface area contributed by atoms with Gasteiger partial charge in [-0.25, -0.2) is 8.42 Å². The molecule has 0 atom stereocenters. The fourth-order valence-electron chi connectivity index (χ4n) is 5.74. The Hall–Kier alpha value is -0.390. The summed E-state index contributed by atoms with van der Waals surface area (Å²) in [5, 5.41) is 1.64. The van der Waals surface area contributed by atoms with E-state index in [1.807, 2.05) is 6.07 Å². The van der Waals surface area contributed by atoms with Crippen LogP contribution in [-0.4, -0.2) is 13.0 Å². The number of rotatable bonds is 23. The van der Waals surface area contributed by atoms with E-state index >= 15 is 0 Å². The van der Waals surface area contributed by atoms with Crippen molar-refractivity contribution in [2.24, 2.45) is 0 Å². The van der Waals surface area contributed by atoms with Crippen LogP contribution < -0.4 is 29.6 Å². The van der Waals surface area contributed by atoms with Crippen molar-refractivity contribution in [3.05, 3.63) is 41.5 Å². The molecule has 0 aliphatic carbocycles. The van der Waals surface area contributed by atoms with Crippen LogP contribution >= 0.6 is 0 Å². The molecule has 216 valence electrons. The Morgan fingerprint density at radius 1 is 0.538 bits per heavy atom. The van der Waals surface area contributed by atoms with Gasteiger partial charge < -0.3 is 4.55 Å². The normalized spacial score (nSPS) is 11.7. The topological polar surface area (TPSA) is 57.2 Å². The molecule has 0 aliphatic heterocycles. The molecule has 0 unspecified atom stereocenters. The van der Waals surface area contributed by atoms with E-state index in [2.05, 4.69) is 26.0 Å². The number of aryl methyl sites for hydroxylation is 2. The van der Waals surface area contributed by atoms with Crippen molar-refractivity contribution < 1.29 is 42.5 Å². The molecule has 5 heteroatoms. The average Bonchev–Trinajstić information content (AvgIpc) is 2.90. The van der Waals surface area contributed by atoms with Crippen molar-refractivity contribution in [1.29, 1.82) is 0 Å². The zero-order valence-electron chi connectivity index (χ0n) is 25.6. The van der Waals surface area contributed by atoms with Crippen LogP contribution in [0.5, 0.6) is 0 Å². The fourth-order valence-corrected chi connectivity index (χ4v) is 6.48. The van der Waals surface area contributed by atoms with E-state index in [1.165, 1.54) is 121 Å². The van der Waals surface area contributed by atoms with Crippen LogP contribution in [0.4, 0.5) is 0 Å². The quantitative estimate of drug-likeness (QED) is 0.0788. The van der Waals surface area contributed by atoms with Crippen LogP contribution in [0.2, 0.25) is 0 Å². The maximum Gasteiger partial charge on any atom is 1.00 e. The summed E-state index contributed by atoms with van der Waals surface area (Å²) in [7, 11) is -4.52. The Kier molecular flexibility index (Phi) is 20.9. The van der Waals surface area contributed by atoms with Crippen LogP contribution in [-0.2, 0) is 23.0 Å². The Morgan fingerprint density at radius 2 is 0.923 bits per heavy atom. The molecule has 0 radical (unpaired) electrons. The fraction of sp³-hybridized carbons (Fsp3) is 0.706. The Balaban J connectivity index is 0.00000760. The van der Waals surface area contributed by atoms with Crippen LogP contribution in [0.3, 0.4) is 0 Å². The summed E-state index contributed by atoms with van der Waals surface area (Å²) < 4.78 is 36.4. The third kappa shape index (κ3) is 14.9. The molecule has 0 N–H and O–H groups in total. The summed E-state index contributed by atoms with van der Waals surface area (Å²) in [6, 6.07) is 9.52. The third-order valence-corrected chi connectivity index (χ3v) is 8.93. The van der Waals surface area contributed by atoms with Crippen molar-refractivity contribution in [2.75, 3.05) is 0 Å². The average molecular weight is 567 g/mol. The summed E-state index contributed by atoms with van der Waals surface area (Å²) >= 11 is 0. The van der Waals surface area contributed by atoms with Gasteiger partial charge in [0.05, 0.1) is 4.90 Å². The number of unbranched alkanes of at least 4 members (excludes halogenated alkanes) is 18. The molecular weight excluding hydrogens is 511 g/mol. The van der Waals surface area contributed by atoms with Gasteiger partial charge in [0.2, 0.25) is 0 Å². The Bertz CT molecular complexity index is 1000. The molecule has 39 heavy (non-hydrogen) atoms. The summed E-state index contributed by atoms with van der Waals surface area (Å²) in [6.07, 6.45) is 27.5. The van der Waals surface area contributed by atoms with Gasteiger partial charge in [-0.05, 0) is 48.3 Å². The molecule has 2 aromatic rings. The SMILES string of the molecule is CCCCCCCCCCCCc1ccc(CCCCCCCCCCCC)c2c(S(=O)(=O)[O-])cccc12.[Na+]. The maximum atomic E-state index is 12.1. The first kappa shape index (κ1) is 36.6. The number of hydrogen-bond acceptors (Lipinski definition) is 3. The van der Waals surface area contributed by atoms with E-state index in [9.17, 15) is 13.0 Å². The predicted octanol–water partition coefficient (Wildman–Crippen LogP) is 7.67. The molecule has 0 saturated carbocycles. The molecule has 0 spiro atoms. The summed E-state index contributed by atoms with van der Waals surface area (Å²) in [5.41, 5.74) is 2.19. The number of hydrogen-bond donors (Lipinski definition) is 0. The second-order valence-corrected chi connectivity index (χ2v) is 12.7. The van der Waals surface area contributed by atoms with Crippen LogP contribution in [0, 0.1) is 0 Å². The van der Waals surface area contributed by atoms with Crippen molar-refractivity contribution in [3.8, 4) is 0 Å². The molecule has 0 aliphatic rings. The van der Waals surface area contributed by atoms with E-state index in [4.69, 9.17) is 0 Å². The van der Waals surface area contributed by atoms with E-state index in [1.54, 1.807) is 6.07 Å². The van der Waals surface area contributed by atoms with Gasteiger partial charge in [0.15, 0.2) is 0 Å². The van der Waals surface area contributed by atoms with E-state index in [-0.39, 0.29) is 34.5 Å². The Labute approximate surface area is 263 Å². The summed E-state index contributed by atoms with van der Waals surface area (Å²) in [6.45, 7) is 4.51. The molecule has 3 nitrogen and oxygen atoms in total. The van der Waals surface area contributed by atoms with Gasteiger partial charge in [-0.1, -0.05) is 154 Å². The zero-order chi connectivity index (χ0) is 27.5. The molecule has 2 aromatic carbocycles. The monoisotopic (exact) mass is 566 g/mol. The molecule has 0 heterocycles. The van der Waals surface area contributed by atoms with Crippen molar-refractivity contribution in [1.82, 2.24) is 0 Å². The first-order valence-electron chi connectivity index (χ1n) is 16.0. The molecule has 0 bridgehead atoms. The maximum absolute atomic E-state index is 12.1. The predicted molar refractivity (Wildman–Crippen MR) is 163 cm³/mol. The minimum absolute atomic E-state index is 0. The molecule has 0 saturated heterocycles. The van der Waals surface area contributed by atoms with E-state index in [0.717, 1.165) is 43.1 Å². The van der Waals surface area contributed by atoms with Crippen LogP contribution in [0.25, 0.3) is 10.8 Å². The van der Waals surface area contributed by atoms with E-state index in [0.29, 0.717) is 5.39 Å². The molecule has 0 aromatic heterocycles. The zero-order valence-corrected chi connectivity index (χ0v) is 28.4. The second-order valence-electron chi connectivity index (χ2n) is 11.4. The standard InChI is InChI=1S/C34H56O3S.Na/c1-3-5-7-9-11-13-15-17-19-21-24-30-28-29-31(25-22-20-18-16-14-12-10-8-6-4-2)34-32(30)26-23-27-33(34)38(35,36)37;/h23,26-29H,3-22,24-25H2,1-2H3,(H,35,36,37);/q;+1/p-1. The molecular formula is C34H55NaO3S. The van der Waals surface area contributed by atoms with Gasteiger partial charge in [0.25, 0.3) is 0 Å². The largest absolute Gasteiger partial charge is 1.00 e. The van der Waals surface area contributed by atoms with E-state index < -0.39 is 10.1 Å². The van der Waals surface area contributed by atoms with Crippen molar-refractivity contribution >= 4 is 20.9 Å². The molecule has 0 amide bonds. The smallest absolute Gasteiger partial charge is 0.744 e. The first-order valence-corrected chi connectivity index (χ1v) is 17.4. The molecule has 2 rings (SSSR count). The van der Waals surface area contributed by atoms with Gasteiger partial charge in [-0.15, -0.1) is 0 Å². The Morgan fingerprint density at radius 3 is 1.36 bits per heavy atom. The first-order chi connectivity index (χ1) is 18.5. The minimum Gasteiger partial charge on any atom is -0.744 e. The van der Waals surface area contributed by atoms with Crippen LogP contribution in [0.15, 0.2) is 35.2 Å². The third-order valence-electron chi connectivity index (χ3n) is 8.05. The van der Waals surface area contributed by atoms with Gasteiger partial charge in [0.1, 0.15) is 10.1 Å². The minimum atomic E-state index is -4.52. The summed E-state index contributed by atoms with van der Waals surface area (Å²) in [4.78, 5) is -0.0398. The van der Waals surface area contributed by atoms with Gasteiger partial charge in [-0.2, -0.15) is 0 Å². The second kappa shape index (κ2) is 22.2.